The van der Waals surface area contributed by atoms with Gasteiger partial charge in [-0.15, -0.1) is 0 Å². The van der Waals surface area contributed by atoms with Gasteiger partial charge < -0.3 is 4.90 Å². The zero-order valence-electron chi connectivity index (χ0n) is 12.7. The van der Waals surface area contributed by atoms with E-state index in [0.29, 0.717) is 11.8 Å². The van der Waals surface area contributed by atoms with Gasteiger partial charge in [-0.05, 0) is 24.7 Å². The van der Waals surface area contributed by atoms with E-state index in [-0.39, 0.29) is 12.2 Å². The summed E-state index contributed by atoms with van der Waals surface area (Å²) in [4.78, 5) is 14.3. The third-order valence-corrected chi connectivity index (χ3v) is 3.76. The molecule has 0 aromatic carbocycles. The van der Waals surface area contributed by atoms with Crippen molar-refractivity contribution in [3.63, 3.8) is 0 Å². The largest absolute Gasteiger partial charge is 0.326 e. The number of carbonyl (C=O) groups is 1. The van der Waals surface area contributed by atoms with Gasteiger partial charge in [0.1, 0.15) is 0 Å². The normalized spacial score (nSPS) is 24.6. The van der Waals surface area contributed by atoms with Crippen LogP contribution < -0.4 is 5.32 Å². The van der Waals surface area contributed by atoms with Gasteiger partial charge in [-0.25, -0.2) is 0 Å². The summed E-state index contributed by atoms with van der Waals surface area (Å²) in [5, 5.41) is 3.47. The van der Waals surface area contributed by atoms with Crippen LogP contribution in [0.15, 0.2) is 0 Å². The summed E-state index contributed by atoms with van der Waals surface area (Å²) in [6.07, 6.45) is 4.75. The van der Waals surface area contributed by atoms with Crippen LogP contribution in [0.4, 0.5) is 0 Å². The third kappa shape index (κ3) is 3.98. The zero-order valence-corrected chi connectivity index (χ0v) is 12.7. The molecule has 0 saturated carbocycles. The molecule has 0 spiro atoms. The number of nitrogens with one attached hydrogen (secondary N) is 1. The summed E-state index contributed by atoms with van der Waals surface area (Å²) >= 11 is 0. The fourth-order valence-electron chi connectivity index (χ4n) is 2.63. The zero-order chi connectivity index (χ0) is 13.7. The van der Waals surface area contributed by atoms with Gasteiger partial charge >= 0.3 is 0 Å². The second kappa shape index (κ2) is 7.13. The minimum atomic E-state index is 0.0440. The molecule has 2 unspecified atom stereocenters. The fourth-order valence-corrected chi connectivity index (χ4v) is 2.63. The summed E-state index contributed by atoms with van der Waals surface area (Å²) in [6, 6.07) is 0.0440. The standard InChI is InChI=1S/C15H30N2O/c1-6-13-15(18)17(14(16-13)12(4)5)10-8-7-9-11(2)3/h11-14,16H,6-10H2,1-5H3. The first-order valence-corrected chi connectivity index (χ1v) is 7.53. The molecule has 0 aromatic rings. The Morgan fingerprint density at radius 1 is 1.22 bits per heavy atom. The highest BCUT2D eigenvalue weighted by Crippen LogP contribution is 2.20. The Morgan fingerprint density at radius 2 is 1.89 bits per heavy atom. The van der Waals surface area contributed by atoms with Gasteiger partial charge in [0.05, 0.1) is 12.2 Å². The molecule has 18 heavy (non-hydrogen) atoms. The molecular formula is C15H30N2O. The summed E-state index contributed by atoms with van der Waals surface area (Å²) < 4.78 is 0. The van der Waals surface area contributed by atoms with Crippen molar-refractivity contribution < 1.29 is 4.79 Å². The monoisotopic (exact) mass is 254 g/mol. The minimum Gasteiger partial charge on any atom is -0.326 e. The number of amides is 1. The summed E-state index contributed by atoms with van der Waals surface area (Å²) in [5.41, 5.74) is 0. The van der Waals surface area contributed by atoms with Crippen LogP contribution in [-0.4, -0.2) is 29.6 Å². The quantitative estimate of drug-likeness (QED) is 0.708. The lowest BCUT2D eigenvalue weighted by atomic mass is 10.1. The van der Waals surface area contributed by atoms with E-state index in [1.54, 1.807) is 0 Å². The van der Waals surface area contributed by atoms with Crippen molar-refractivity contribution in [3.8, 4) is 0 Å². The summed E-state index contributed by atoms with van der Waals surface area (Å²) in [6.45, 7) is 11.9. The Bertz CT molecular complexity index is 263. The van der Waals surface area contributed by atoms with Crippen LogP contribution in [0.25, 0.3) is 0 Å². The molecule has 3 nitrogen and oxygen atoms in total. The number of unbranched alkanes of at least 4 members (excludes halogenated alkanes) is 1. The molecule has 0 aromatic heterocycles. The number of rotatable bonds is 7. The molecule has 1 saturated heterocycles. The van der Waals surface area contributed by atoms with E-state index >= 15 is 0 Å². The van der Waals surface area contributed by atoms with E-state index in [1.165, 1.54) is 12.8 Å². The molecule has 0 aliphatic carbocycles. The van der Waals surface area contributed by atoms with Crippen LogP contribution in [-0.2, 0) is 4.79 Å². The smallest absolute Gasteiger partial charge is 0.241 e. The molecule has 3 heteroatoms. The highest BCUT2D eigenvalue weighted by molar-refractivity contribution is 5.84. The lowest BCUT2D eigenvalue weighted by Crippen LogP contribution is -2.41. The SMILES string of the molecule is CCC1NC(C(C)C)N(CCCCC(C)C)C1=O. The predicted molar refractivity (Wildman–Crippen MR) is 76.2 cm³/mol. The Balaban J connectivity index is 2.47. The second-order valence-electron chi connectivity index (χ2n) is 6.24. The van der Waals surface area contributed by atoms with Crippen LogP contribution in [0.1, 0.15) is 60.3 Å². The first kappa shape index (κ1) is 15.5. The van der Waals surface area contributed by atoms with Gasteiger partial charge in [-0.2, -0.15) is 0 Å². The molecule has 1 rings (SSSR count). The van der Waals surface area contributed by atoms with Crippen LogP contribution in [0.2, 0.25) is 0 Å². The Morgan fingerprint density at radius 3 is 2.39 bits per heavy atom. The van der Waals surface area contributed by atoms with E-state index in [4.69, 9.17) is 0 Å². The van der Waals surface area contributed by atoms with E-state index in [1.807, 2.05) is 0 Å². The molecule has 0 bridgehead atoms. The van der Waals surface area contributed by atoms with Crippen LogP contribution in [0, 0.1) is 11.8 Å². The average Bonchev–Trinajstić information content (AvgIpc) is 2.61. The van der Waals surface area contributed by atoms with Crippen LogP contribution in [0.3, 0.4) is 0 Å². The van der Waals surface area contributed by atoms with Crippen molar-refractivity contribution in [1.82, 2.24) is 10.2 Å². The lowest BCUT2D eigenvalue weighted by Gasteiger charge is -2.27. The number of nitrogens with zero attached hydrogens (tertiary/aromatic N) is 1. The Labute approximate surface area is 112 Å². The number of hydrogen-bond donors (Lipinski definition) is 1. The summed E-state index contributed by atoms with van der Waals surface area (Å²) in [7, 11) is 0. The van der Waals surface area contributed by atoms with Gasteiger partial charge in [-0.1, -0.05) is 47.5 Å². The van der Waals surface area contributed by atoms with E-state index in [2.05, 4.69) is 44.8 Å². The summed E-state index contributed by atoms with van der Waals surface area (Å²) in [5.74, 6) is 1.55. The van der Waals surface area contributed by atoms with Crippen molar-refractivity contribution in [2.45, 2.75) is 72.5 Å². The Hall–Kier alpha value is -0.570. The third-order valence-electron chi connectivity index (χ3n) is 3.76. The lowest BCUT2D eigenvalue weighted by molar-refractivity contribution is -0.130. The molecule has 1 fully saturated rings. The van der Waals surface area contributed by atoms with E-state index in [0.717, 1.165) is 25.3 Å². The van der Waals surface area contributed by atoms with Gasteiger partial charge in [-0.3, -0.25) is 10.1 Å². The average molecular weight is 254 g/mol. The molecule has 1 aliphatic heterocycles. The fraction of sp³-hybridized carbons (Fsp3) is 0.933. The topological polar surface area (TPSA) is 32.3 Å². The van der Waals surface area contributed by atoms with Crippen molar-refractivity contribution in [1.29, 1.82) is 0 Å². The van der Waals surface area contributed by atoms with Crippen molar-refractivity contribution >= 4 is 5.91 Å². The van der Waals surface area contributed by atoms with Gasteiger partial charge in [0, 0.05) is 6.54 Å². The molecule has 1 amide bonds. The molecule has 1 N–H and O–H groups in total. The highest BCUT2D eigenvalue weighted by Gasteiger charge is 2.38. The Kier molecular flexibility index (Phi) is 6.13. The first-order chi connectivity index (χ1) is 8.47. The molecule has 0 radical (unpaired) electrons. The van der Waals surface area contributed by atoms with Crippen molar-refractivity contribution in [2.75, 3.05) is 6.54 Å². The van der Waals surface area contributed by atoms with Gasteiger partial charge in [0.25, 0.3) is 0 Å². The molecule has 106 valence electrons. The van der Waals surface area contributed by atoms with Gasteiger partial charge in [0.2, 0.25) is 5.91 Å². The predicted octanol–water partition coefficient (Wildman–Crippen LogP) is 3.01. The van der Waals surface area contributed by atoms with E-state index < -0.39 is 0 Å². The maximum absolute atomic E-state index is 12.2. The first-order valence-electron chi connectivity index (χ1n) is 7.53. The minimum absolute atomic E-state index is 0.0440. The molecular weight excluding hydrogens is 224 g/mol. The van der Waals surface area contributed by atoms with Crippen LogP contribution >= 0.6 is 0 Å². The molecule has 2 atom stereocenters. The van der Waals surface area contributed by atoms with Crippen molar-refractivity contribution in [3.05, 3.63) is 0 Å². The number of hydrogen-bond acceptors (Lipinski definition) is 2. The second-order valence-corrected chi connectivity index (χ2v) is 6.24. The maximum Gasteiger partial charge on any atom is 0.241 e. The molecule has 1 heterocycles. The maximum atomic E-state index is 12.2. The van der Waals surface area contributed by atoms with Gasteiger partial charge in [0.15, 0.2) is 0 Å². The van der Waals surface area contributed by atoms with E-state index in [9.17, 15) is 4.79 Å². The molecule has 1 aliphatic rings. The number of carbonyl (C=O) groups excluding carboxylic acids is 1. The highest BCUT2D eigenvalue weighted by atomic mass is 16.2. The van der Waals surface area contributed by atoms with Crippen molar-refractivity contribution in [2.24, 2.45) is 11.8 Å². The van der Waals surface area contributed by atoms with Crippen LogP contribution in [0.5, 0.6) is 0 Å².